The van der Waals surface area contributed by atoms with Crippen molar-refractivity contribution in [3.63, 3.8) is 0 Å². The molecule has 0 unspecified atom stereocenters. The van der Waals surface area contributed by atoms with Gasteiger partial charge in [0, 0.05) is 55.4 Å². The summed E-state index contributed by atoms with van der Waals surface area (Å²) in [5.41, 5.74) is 4.77. The van der Waals surface area contributed by atoms with Gasteiger partial charge in [0.15, 0.2) is 5.58 Å². The van der Waals surface area contributed by atoms with Crippen LogP contribution in [0.15, 0.2) is 89.7 Å². The zero-order valence-corrected chi connectivity index (χ0v) is 19.1. The van der Waals surface area contributed by atoms with Crippen molar-refractivity contribution in [2.45, 2.75) is 0 Å². The van der Waals surface area contributed by atoms with Crippen molar-refractivity contribution < 1.29 is 13.9 Å². The fourth-order valence-corrected chi connectivity index (χ4v) is 3.75. The van der Waals surface area contributed by atoms with E-state index in [4.69, 9.17) is 9.15 Å². The lowest BCUT2D eigenvalue weighted by Gasteiger charge is -2.10. The number of aromatic nitrogens is 2. The molecule has 0 fully saturated rings. The zero-order chi connectivity index (χ0) is 24.4. The molecule has 0 spiro atoms. The van der Waals surface area contributed by atoms with E-state index >= 15 is 0 Å². The number of nitrogens with zero attached hydrogens (tertiary/aromatic N) is 4. The van der Waals surface area contributed by atoms with Crippen LogP contribution >= 0.6 is 0 Å². The van der Waals surface area contributed by atoms with E-state index in [1.165, 1.54) is 4.90 Å². The van der Waals surface area contributed by atoms with Crippen molar-refractivity contribution in [3.8, 4) is 40.0 Å². The summed E-state index contributed by atoms with van der Waals surface area (Å²) in [7, 11) is 3.44. The van der Waals surface area contributed by atoms with Crippen molar-refractivity contribution >= 4 is 17.0 Å². The van der Waals surface area contributed by atoms with Crippen molar-refractivity contribution in [3.05, 3.63) is 96.4 Å². The number of pyridine rings is 2. The summed E-state index contributed by atoms with van der Waals surface area (Å²) in [5.74, 6) is 1.64. The molecule has 0 saturated heterocycles. The second-order valence-corrected chi connectivity index (χ2v) is 8.07. The largest absolute Gasteiger partial charge is 0.456 e. The van der Waals surface area contributed by atoms with Crippen LogP contribution in [-0.4, -0.2) is 34.9 Å². The van der Waals surface area contributed by atoms with Crippen LogP contribution in [0.4, 0.5) is 0 Å². The standard InChI is InChI=1S/C28H20N4O3/c1-32(2)28(33)19-5-3-18(4-6-19)26-16-24-27(35-26)23(11-14-31-24)20-7-8-25(21(15-20)17-29)34-22-9-12-30-13-10-22/h3-16H,1-2H3. The zero-order valence-electron chi connectivity index (χ0n) is 19.1. The van der Waals surface area contributed by atoms with E-state index in [2.05, 4.69) is 16.0 Å². The number of amides is 1. The first-order chi connectivity index (χ1) is 17.0. The third-order valence-electron chi connectivity index (χ3n) is 5.52. The van der Waals surface area contributed by atoms with Gasteiger partial charge >= 0.3 is 0 Å². The molecule has 2 aromatic carbocycles. The van der Waals surface area contributed by atoms with Gasteiger partial charge in [-0.25, -0.2) is 0 Å². The number of hydrogen-bond acceptors (Lipinski definition) is 6. The van der Waals surface area contributed by atoms with Gasteiger partial charge in [-0.05, 0) is 48.0 Å². The predicted octanol–water partition coefficient (Wildman–Crippen LogP) is 5.92. The number of fused-ring (bicyclic) bond motifs is 1. The van der Waals surface area contributed by atoms with Gasteiger partial charge in [-0.3, -0.25) is 14.8 Å². The number of ether oxygens (including phenoxy) is 1. The minimum atomic E-state index is -0.0604. The van der Waals surface area contributed by atoms with Gasteiger partial charge in [-0.1, -0.05) is 18.2 Å². The summed E-state index contributed by atoms with van der Waals surface area (Å²) in [6.45, 7) is 0. The van der Waals surface area contributed by atoms with E-state index in [0.29, 0.717) is 39.5 Å². The van der Waals surface area contributed by atoms with E-state index in [-0.39, 0.29) is 5.91 Å². The molecule has 7 nitrogen and oxygen atoms in total. The van der Waals surface area contributed by atoms with Crippen molar-refractivity contribution in [2.24, 2.45) is 0 Å². The van der Waals surface area contributed by atoms with E-state index in [0.717, 1.165) is 16.7 Å². The smallest absolute Gasteiger partial charge is 0.253 e. The molecule has 0 atom stereocenters. The van der Waals surface area contributed by atoms with Gasteiger partial charge in [0.05, 0.1) is 5.56 Å². The number of furan rings is 1. The Morgan fingerprint density at radius 1 is 0.943 bits per heavy atom. The van der Waals surface area contributed by atoms with Gasteiger partial charge in [0.25, 0.3) is 5.91 Å². The van der Waals surface area contributed by atoms with E-state index < -0.39 is 0 Å². The highest BCUT2D eigenvalue weighted by atomic mass is 16.5. The Morgan fingerprint density at radius 2 is 1.69 bits per heavy atom. The van der Waals surface area contributed by atoms with Crippen LogP contribution in [0.5, 0.6) is 11.5 Å². The van der Waals surface area contributed by atoms with Crippen LogP contribution in [0.1, 0.15) is 15.9 Å². The molecule has 0 aliphatic rings. The third-order valence-corrected chi connectivity index (χ3v) is 5.52. The van der Waals surface area contributed by atoms with Gasteiger partial charge in [-0.2, -0.15) is 5.26 Å². The maximum Gasteiger partial charge on any atom is 0.253 e. The molecule has 0 bridgehead atoms. The molecule has 5 rings (SSSR count). The summed E-state index contributed by atoms with van der Waals surface area (Å²) >= 11 is 0. The second-order valence-electron chi connectivity index (χ2n) is 8.07. The van der Waals surface area contributed by atoms with Crippen LogP contribution in [0.25, 0.3) is 33.6 Å². The molecule has 3 aromatic heterocycles. The van der Waals surface area contributed by atoms with Gasteiger partial charge in [0.2, 0.25) is 0 Å². The second kappa shape index (κ2) is 9.12. The number of carbonyl (C=O) groups is 1. The molecule has 0 radical (unpaired) electrons. The summed E-state index contributed by atoms with van der Waals surface area (Å²) < 4.78 is 12.1. The molecule has 170 valence electrons. The van der Waals surface area contributed by atoms with E-state index in [9.17, 15) is 10.1 Å². The summed E-state index contributed by atoms with van der Waals surface area (Å²) in [4.78, 5) is 22.1. The van der Waals surface area contributed by atoms with Crippen LogP contribution in [0.3, 0.4) is 0 Å². The Morgan fingerprint density at radius 3 is 2.40 bits per heavy atom. The lowest BCUT2D eigenvalue weighted by atomic mass is 10.0. The fourth-order valence-electron chi connectivity index (χ4n) is 3.75. The Balaban J connectivity index is 1.50. The monoisotopic (exact) mass is 460 g/mol. The Hall–Kier alpha value is -4.96. The summed E-state index contributed by atoms with van der Waals surface area (Å²) in [6, 6.07) is 22.1. The maximum atomic E-state index is 12.2. The molecule has 1 amide bonds. The predicted molar refractivity (Wildman–Crippen MR) is 132 cm³/mol. The molecular weight excluding hydrogens is 440 g/mol. The fraction of sp³-hybridized carbons (Fsp3) is 0.0714. The maximum absolute atomic E-state index is 12.2. The molecule has 7 heteroatoms. The van der Waals surface area contributed by atoms with Crippen molar-refractivity contribution in [1.29, 1.82) is 5.26 Å². The Labute approximate surface area is 201 Å². The van der Waals surface area contributed by atoms with Crippen molar-refractivity contribution in [2.75, 3.05) is 14.1 Å². The molecule has 35 heavy (non-hydrogen) atoms. The van der Waals surface area contributed by atoms with Crippen molar-refractivity contribution in [1.82, 2.24) is 14.9 Å². The molecule has 0 N–H and O–H groups in total. The quantitative estimate of drug-likeness (QED) is 0.323. The highest BCUT2D eigenvalue weighted by Crippen LogP contribution is 2.36. The highest BCUT2D eigenvalue weighted by molar-refractivity contribution is 5.95. The van der Waals surface area contributed by atoms with Crippen LogP contribution in [0.2, 0.25) is 0 Å². The molecule has 3 heterocycles. The van der Waals surface area contributed by atoms with Crippen LogP contribution < -0.4 is 4.74 Å². The van der Waals surface area contributed by atoms with E-state index in [1.807, 2.05) is 30.3 Å². The number of carbonyl (C=O) groups excluding carboxylic acids is 1. The lowest BCUT2D eigenvalue weighted by Crippen LogP contribution is -2.21. The minimum Gasteiger partial charge on any atom is -0.456 e. The number of rotatable bonds is 5. The first-order valence-electron chi connectivity index (χ1n) is 10.9. The van der Waals surface area contributed by atoms with Gasteiger partial charge in [-0.15, -0.1) is 0 Å². The van der Waals surface area contributed by atoms with Crippen LogP contribution in [-0.2, 0) is 0 Å². The Kier molecular flexibility index (Phi) is 5.70. The lowest BCUT2D eigenvalue weighted by molar-refractivity contribution is 0.0827. The first kappa shape index (κ1) is 21.9. The molecule has 0 saturated carbocycles. The first-order valence-corrected chi connectivity index (χ1v) is 10.9. The van der Waals surface area contributed by atoms with Gasteiger partial charge in [0.1, 0.15) is 28.8 Å². The third kappa shape index (κ3) is 4.33. The average molecular weight is 460 g/mol. The van der Waals surface area contributed by atoms with Crippen LogP contribution in [0, 0.1) is 11.3 Å². The summed E-state index contributed by atoms with van der Waals surface area (Å²) in [6.07, 6.45) is 4.97. The Bertz CT molecular complexity index is 1570. The summed E-state index contributed by atoms with van der Waals surface area (Å²) in [5, 5.41) is 9.72. The highest BCUT2D eigenvalue weighted by Gasteiger charge is 2.15. The normalized spacial score (nSPS) is 10.7. The topological polar surface area (TPSA) is 92.3 Å². The average Bonchev–Trinajstić information content (AvgIpc) is 3.34. The molecular formula is C28H20N4O3. The molecule has 0 aliphatic heterocycles. The number of benzene rings is 2. The molecule has 5 aromatic rings. The molecule has 0 aliphatic carbocycles. The number of hydrogen-bond donors (Lipinski definition) is 0. The number of nitriles is 1. The van der Waals surface area contributed by atoms with Gasteiger partial charge < -0.3 is 14.1 Å². The van der Waals surface area contributed by atoms with E-state index in [1.54, 1.807) is 69.1 Å². The minimum absolute atomic E-state index is 0.0604. The SMILES string of the molecule is CN(C)C(=O)c1ccc(-c2cc3nccc(-c4ccc(Oc5ccncc5)c(C#N)c4)c3o2)cc1.